The molecule has 0 aromatic rings. The summed E-state index contributed by atoms with van der Waals surface area (Å²) >= 11 is 0. The summed E-state index contributed by atoms with van der Waals surface area (Å²) < 4.78 is 0. The van der Waals surface area contributed by atoms with Gasteiger partial charge in [0.05, 0.1) is 6.04 Å². The summed E-state index contributed by atoms with van der Waals surface area (Å²) in [6.07, 6.45) is 2.51. The molecule has 2 amide bonds. The van der Waals surface area contributed by atoms with Crippen LogP contribution in [-0.2, 0) is 9.59 Å². The van der Waals surface area contributed by atoms with Gasteiger partial charge in [-0.25, -0.2) is 0 Å². The van der Waals surface area contributed by atoms with E-state index in [9.17, 15) is 9.59 Å². The van der Waals surface area contributed by atoms with Gasteiger partial charge in [0, 0.05) is 6.54 Å². The zero-order valence-electron chi connectivity index (χ0n) is 9.98. The second kappa shape index (κ2) is 5.30. The van der Waals surface area contributed by atoms with E-state index in [1.807, 2.05) is 13.8 Å². The van der Waals surface area contributed by atoms with Gasteiger partial charge in [0.15, 0.2) is 0 Å². The molecule has 5 nitrogen and oxygen atoms in total. The van der Waals surface area contributed by atoms with Gasteiger partial charge in [-0.3, -0.25) is 9.59 Å². The predicted molar refractivity (Wildman–Crippen MR) is 61.4 cm³/mol. The first-order valence-corrected chi connectivity index (χ1v) is 5.80. The van der Waals surface area contributed by atoms with E-state index in [1.54, 1.807) is 4.90 Å². The van der Waals surface area contributed by atoms with E-state index in [4.69, 9.17) is 11.5 Å². The van der Waals surface area contributed by atoms with Crippen molar-refractivity contribution in [3.8, 4) is 0 Å². The lowest BCUT2D eigenvalue weighted by Gasteiger charge is -2.36. The Morgan fingerprint density at radius 1 is 1.31 bits per heavy atom. The molecule has 1 rings (SSSR count). The van der Waals surface area contributed by atoms with E-state index in [0.717, 1.165) is 12.8 Å². The van der Waals surface area contributed by atoms with E-state index < -0.39 is 18.0 Å². The van der Waals surface area contributed by atoms with Crippen LogP contribution in [-0.4, -0.2) is 35.3 Å². The van der Waals surface area contributed by atoms with E-state index >= 15 is 0 Å². The summed E-state index contributed by atoms with van der Waals surface area (Å²) in [5.41, 5.74) is 11.1. The Bertz CT molecular complexity index is 278. The highest BCUT2D eigenvalue weighted by atomic mass is 16.2. The Morgan fingerprint density at radius 3 is 2.44 bits per heavy atom. The van der Waals surface area contributed by atoms with Crippen LogP contribution in [0.15, 0.2) is 0 Å². The molecule has 0 aliphatic carbocycles. The fourth-order valence-electron chi connectivity index (χ4n) is 1.97. The van der Waals surface area contributed by atoms with Gasteiger partial charge in [-0.15, -0.1) is 0 Å². The first-order valence-electron chi connectivity index (χ1n) is 5.80. The Kier molecular flexibility index (Phi) is 4.29. The van der Waals surface area contributed by atoms with Gasteiger partial charge in [0.1, 0.15) is 6.04 Å². The number of likely N-dealkylation sites (tertiary alicyclic amines) is 1. The molecular formula is C11H21N3O2. The van der Waals surface area contributed by atoms with Gasteiger partial charge in [0.25, 0.3) is 0 Å². The van der Waals surface area contributed by atoms with E-state index in [2.05, 4.69) is 0 Å². The Balaban J connectivity index is 2.75. The van der Waals surface area contributed by atoms with Crippen molar-refractivity contribution >= 4 is 11.8 Å². The average Bonchev–Trinajstić information content (AvgIpc) is 2.26. The smallest absolute Gasteiger partial charge is 0.240 e. The first kappa shape index (κ1) is 13.0. The highest BCUT2D eigenvalue weighted by Crippen LogP contribution is 2.18. The van der Waals surface area contributed by atoms with Crippen LogP contribution < -0.4 is 11.5 Å². The molecule has 0 spiro atoms. The van der Waals surface area contributed by atoms with Crippen molar-refractivity contribution in [1.29, 1.82) is 0 Å². The molecule has 4 N–H and O–H groups in total. The van der Waals surface area contributed by atoms with Crippen molar-refractivity contribution in [1.82, 2.24) is 4.90 Å². The number of hydrogen-bond acceptors (Lipinski definition) is 3. The molecule has 92 valence electrons. The monoisotopic (exact) mass is 227 g/mol. The molecule has 0 aromatic heterocycles. The molecule has 1 saturated heterocycles. The first-order chi connectivity index (χ1) is 7.45. The quantitative estimate of drug-likeness (QED) is 0.701. The zero-order valence-corrected chi connectivity index (χ0v) is 9.98. The number of hydrogen-bond donors (Lipinski definition) is 2. The molecule has 0 radical (unpaired) electrons. The molecule has 1 aliphatic heterocycles. The molecule has 0 aromatic carbocycles. The van der Waals surface area contributed by atoms with Crippen LogP contribution in [0.1, 0.15) is 33.1 Å². The minimum atomic E-state index is -0.542. The lowest BCUT2D eigenvalue weighted by Crippen LogP contribution is -2.56. The summed E-state index contributed by atoms with van der Waals surface area (Å²) in [6.45, 7) is 4.38. The maximum absolute atomic E-state index is 12.0. The normalized spacial score (nSPS) is 23.2. The fraction of sp³-hybridized carbons (Fsp3) is 0.818. The van der Waals surface area contributed by atoms with Crippen LogP contribution in [0.25, 0.3) is 0 Å². The van der Waals surface area contributed by atoms with Crippen molar-refractivity contribution in [2.75, 3.05) is 6.54 Å². The van der Waals surface area contributed by atoms with Gasteiger partial charge in [-0.2, -0.15) is 0 Å². The van der Waals surface area contributed by atoms with Crippen LogP contribution in [0.3, 0.4) is 0 Å². The van der Waals surface area contributed by atoms with E-state index in [1.165, 1.54) is 0 Å². The van der Waals surface area contributed by atoms with Crippen LogP contribution in [0, 0.1) is 5.92 Å². The third kappa shape index (κ3) is 2.72. The summed E-state index contributed by atoms with van der Waals surface area (Å²) in [5.74, 6) is -0.509. The lowest BCUT2D eigenvalue weighted by molar-refractivity contribution is -0.142. The predicted octanol–water partition coefficient (Wildman–Crippen LogP) is -0.164. The van der Waals surface area contributed by atoms with Gasteiger partial charge in [-0.05, 0) is 25.2 Å². The second-order valence-electron chi connectivity index (χ2n) is 4.72. The molecule has 2 atom stereocenters. The third-order valence-corrected chi connectivity index (χ3v) is 3.12. The minimum Gasteiger partial charge on any atom is -0.368 e. The molecule has 1 unspecified atom stereocenters. The number of nitrogens with two attached hydrogens (primary N) is 2. The second-order valence-corrected chi connectivity index (χ2v) is 4.72. The lowest BCUT2D eigenvalue weighted by atomic mass is 9.97. The number of rotatable bonds is 3. The molecule has 1 fully saturated rings. The maximum Gasteiger partial charge on any atom is 0.240 e. The van der Waals surface area contributed by atoms with Crippen LogP contribution in [0.5, 0.6) is 0 Å². The number of nitrogens with zero attached hydrogens (tertiary/aromatic N) is 1. The largest absolute Gasteiger partial charge is 0.368 e. The summed E-state index contributed by atoms with van der Waals surface area (Å²) in [5, 5.41) is 0. The Morgan fingerprint density at radius 2 is 1.94 bits per heavy atom. The molecule has 16 heavy (non-hydrogen) atoms. The molecular weight excluding hydrogens is 206 g/mol. The maximum atomic E-state index is 12.0. The summed E-state index contributed by atoms with van der Waals surface area (Å²) in [4.78, 5) is 24.8. The average molecular weight is 227 g/mol. The van der Waals surface area contributed by atoms with Gasteiger partial charge < -0.3 is 16.4 Å². The topological polar surface area (TPSA) is 89.4 Å². The van der Waals surface area contributed by atoms with E-state index in [0.29, 0.717) is 13.0 Å². The molecule has 0 saturated carbocycles. The number of carbonyl (C=O) groups excluding carboxylic acids is 2. The fourth-order valence-corrected chi connectivity index (χ4v) is 1.97. The highest BCUT2D eigenvalue weighted by Gasteiger charge is 2.33. The van der Waals surface area contributed by atoms with Crippen molar-refractivity contribution in [3.63, 3.8) is 0 Å². The number of primary amides is 1. The number of piperidine rings is 1. The van der Waals surface area contributed by atoms with Crippen LogP contribution >= 0.6 is 0 Å². The number of carbonyl (C=O) groups is 2. The number of amides is 2. The van der Waals surface area contributed by atoms with Crippen LogP contribution in [0.2, 0.25) is 0 Å². The summed E-state index contributed by atoms with van der Waals surface area (Å²) in [6, 6.07) is -1.01. The molecule has 0 bridgehead atoms. The van der Waals surface area contributed by atoms with Gasteiger partial charge in [-0.1, -0.05) is 13.8 Å². The molecule has 5 heteroatoms. The van der Waals surface area contributed by atoms with Gasteiger partial charge in [0.2, 0.25) is 11.8 Å². The SMILES string of the molecule is CC(C)[C@@H](N)C(=O)N1CCCCC1C(N)=O. The van der Waals surface area contributed by atoms with Crippen molar-refractivity contribution in [3.05, 3.63) is 0 Å². The summed E-state index contributed by atoms with van der Waals surface area (Å²) in [7, 11) is 0. The third-order valence-electron chi connectivity index (χ3n) is 3.12. The molecule has 1 heterocycles. The standard InChI is InChI=1S/C11H21N3O2/c1-7(2)9(12)11(16)14-6-4-3-5-8(14)10(13)15/h7-9H,3-6,12H2,1-2H3,(H2,13,15)/t8?,9-/m1/s1. The van der Waals surface area contributed by atoms with Crippen molar-refractivity contribution < 1.29 is 9.59 Å². The zero-order chi connectivity index (χ0) is 12.3. The van der Waals surface area contributed by atoms with Crippen LogP contribution in [0.4, 0.5) is 0 Å². The van der Waals surface area contributed by atoms with Crippen molar-refractivity contribution in [2.24, 2.45) is 17.4 Å². The van der Waals surface area contributed by atoms with E-state index in [-0.39, 0.29) is 11.8 Å². The Hall–Kier alpha value is -1.10. The molecule has 1 aliphatic rings. The highest BCUT2D eigenvalue weighted by molar-refractivity contribution is 5.89. The minimum absolute atomic E-state index is 0.0722. The van der Waals surface area contributed by atoms with Gasteiger partial charge >= 0.3 is 0 Å². The van der Waals surface area contributed by atoms with Crippen molar-refractivity contribution in [2.45, 2.75) is 45.2 Å². The Labute approximate surface area is 96.1 Å².